The van der Waals surface area contributed by atoms with Crippen LogP contribution in [0.25, 0.3) is 0 Å². The zero-order valence-electron chi connectivity index (χ0n) is 10.7. The van der Waals surface area contributed by atoms with Gasteiger partial charge in [-0.3, -0.25) is 9.48 Å². The van der Waals surface area contributed by atoms with E-state index in [4.69, 9.17) is 5.11 Å². The standard InChI is InChI=1S/C12H20N2O2/c1-6-10-8(2)13-14(9(10)3)7-12(4,5)11(15)16/h6-7H2,1-5H3,(H,15,16). The van der Waals surface area contributed by atoms with Crippen molar-refractivity contribution < 1.29 is 9.90 Å². The van der Waals surface area contributed by atoms with Gasteiger partial charge >= 0.3 is 5.97 Å². The normalized spacial score (nSPS) is 11.8. The van der Waals surface area contributed by atoms with Crippen LogP contribution >= 0.6 is 0 Å². The first-order valence-electron chi connectivity index (χ1n) is 5.56. The van der Waals surface area contributed by atoms with Crippen molar-refractivity contribution in [2.24, 2.45) is 5.41 Å². The molecule has 0 saturated carbocycles. The van der Waals surface area contributed by atoms with Crippen LogP contribution in [0, 0.1) is 19.3 Å². The van der Waals surface area contributed by atoms with Crippen LogP contribution in [-0.4, -0.2) is 20.9 Å². The minimum Gasteiger partial charge on any atom is -0.481 e. The molecular formula is C12H20N2O2. The Balaban J connectivity index is 3.03. The molecule has 4 nitrogen and oxygen atoms in total. The molecule has 0 amide bonds. The summed E-state index contributed by atoms with van der Waals surface area (Å²) in [5.74, 6) is -0.793. The van der Waals surface area contributed by atoms with E-state index in [1.165, 1.54) is 5.56 Å². The average molecular weight is 224 g/mol. The van der Waals surface area contributed by atoms with E-state index >= 15 is 0 Å². The van der Waals surface area contributed by atoms with Crippen molar-refractivity contribution >= 4 is 5.97 Å². The minimum atomic E-state index is -0.793. The van der Waals surface area contributed by atoms with Crippen LogP contribution in [0.5, 0.6) is 0 Å². The van der Waals surface area contributed by atoms with Gasteiger partial charge in [-0.25, -0.2) is 0 Å². The molecular weight excluding hydrogens is 204 g/mol. The van der Waals surface area contributed by atoms with Crippen LogP contribution in [0.4, 0.5) is 0 Å². The Morgan fingerprint density at radius 2 is 2.00 bits per heavy atom. The van der Waals surface area contributed by atoms with Gasteiger partial charge in [-0.05, 0) is 39.7 Å². The maximum Gasteiger partial charge on any atom is 0.310 e. The lowest BCUT2D eigenvalue weighted by molar-refractivity contribution is -0.147. The number of aliphatic carboxylic acids is 1. The molecule has 0 fully saturated rings. The molecule has 1 heterocycles. The van der Waals surface area contributed by atoms with Crippen LogP contribution in [0.2, 0.25) is 0 Å². The van der Waals surface area contributed by atoms with Gasteiger partial charge in [-0.1, -0.05) is 6.92 Å². The molecule has 0 unspecified atom stereocenters. The Morgan fingerprint density at radius 1 is 1.44 bits per heavy atom. The molecule has 0 spiro atoms. The summed E-state index contributed by atoms with van der Waals surface area (Å²) in [6.45, 7) is 9.90. The van der Waals surface area contributed by atoms with E-state index in [2.05, 4.69) is 12.0 Å². The third kappa shape index (κ3) is 2.26. The fourth-order valence-corrected chi connectivity index (χ4v) is 1.84. The highest BCUT2D eigenvalue weighted by atomic mass is 16.4. The molecule has 0 saturated heterocycles. The first-order valence-corrected chi connectivity index (χ1v) is 5.56. The second-order valence-corrected chi connectivity index (χ2v) is 4.85. The number of carboxylic acid groups (broad SMARTS) is 1. The van der Waals surface area contributed by atoms with Crippen LogP contribution in [0.15, 0.2) is 0 Å². The van der Waals surface area contributed by atoms with Crippen molar-refractivity contribution in [1.82, 2.24) is 9.78 Å². The monoisotopic (exact) mass is 224 g/mol. The highest BCUT2D eigenvalue weighted by Gasteiger charge is 2.29. The summed E-state index contributed by atoms with van der Waals surface area (Å²) < 4.78 is 1.81. The Morgan fingerprint density at radius 3 is 2.38 bits per heavy atom. The van der Waals surface area contributed by atoms with Gasteiger partial charge in [0.25, 0.3) is 0 Å². The zero-order chi connectivity index (χ0) is 12.5. The number of nitrogens with zero attached hydrogens (tertiary/aromatic N) is 2. The van der Waals surface area contributed by atoms with Crippen molar-refractivity contribution in [3.8, 4) is 0 Å². The molecule has 16 heavy (non-hydrogen) atoms. The van der Waals surface area contributed by atoms with E-state index in [1.807, 2.05) is 18.5 Å². The summed E-state index contributed by atoms with van der Waals surface area (Å²) in [7, 11) is 0. The van der Waals surface area contributed by atoms with E-state index in [0.29, 0.717) is 6.54 Å². The number of aromatic nitrogens is 2. The van der Waals surface area contributed by atoms with Gasteiger partial charge in [0.2, 0.25) is 0 Å². The topological polar surface area (TPSA) is 55.1 Å². The summed E-state index contributed by atoms with van der Waals surface area (Å²) in [5, 5.41) is 13.5. The molecule has 1 rings (SSSR count). The Hall–Kier alpha value is -1.32. The van der Waals surface area contributed by atoms with Gasteiger partial charge in [0.1, 0.15) is 0 Å². The lowest BCUT2D eigenvalue weighted by atomic mass is 9.94. The zero-order valence-corrected chi connectivity index (χ0v) is 10.7. The molecule has 0 aliphatic carbocycles. The third-order valence-electron chi connectivity index (χ3n) is 3.01. The Bertz CT molecular complexity index is 405. The Labute approximate surface area is 96.3 Å². The van der Waals surface area contributed by atoms with Crippen molar-refractivity contribution in [3.05, 3.63) is 17.0 Å². The molecule has 0 aromatic carbocycles. The van der Waals surface area contributed by atoms with Crippen LogP contribution in [0.1, 0.15) is 37.7 Å². The molecule has 0 radical (unpaired) electrons. The van der Waals surface area contributed by atoms with Crippen LogP contribution in [-0.2, 0) is 17.8 Å². The van der Waals surface area contributed by atoms with Gasteiger partial charge in [0.05, 0.1) is 17.7 Å². The third-order valence-corrected chi connectivity index (χ3v) is 3.01. The second kappa shape index (κ2) is 4.28. The van der Waals surface area contributed by atoms with Crippen LogP contribution < -0.4 is 0 Å². The summed E-state index contributed by atoms with van der Waals surface area (Å²) in [6.07, 6.45) is 0.936. The number of rotatable bonds is 4. The fourth-order valence-electron chi connectivity index (χ4n) is 1.84. The molecule has 0 atom stereocenters. The number of carboxylic acids is 1. The molecule has 0 aliphatic rings. The summed E-state index contributed by atoms with van der Waals surface area (Å²) in [5.41, 5.74) is 2.52. The first kappa shape index (κ1) is 12.7. The fraction of sp³-hybridized carbons (Fsp3) is 0.667. The van der Waals surface area contributed by atoms with Gasteiger partial charge in [-0.15, -0.1) is 0 Å². The molecule has 1 N–H and O–H groups in total. The number of carbonyl (C=O) groups is 1. The first-order chi connectivity index (χ1) is 7.29. The van der Waals surface area contributed by atoms with E-state index in [-0.39, 0.29) is 0 Å². The van der Waals surface area contributed by atoms with Gasteiger partial charge in [-0.2, -0.15) is 5.10 Å². The van der Waals surface area contributed by atoms with Crippen molar-refractivity contribution in [2.75, 3.05) is 0 Å². The number of hydrogen-bond donors (Lipinski definition) is 1. The second-order valence-electron chi connectivity index (χ2n) is 4.85. The smallest absolute Gasteiger partial charge is 0.310 e. The van der Waals surface area contributed by atoms with E-state index in [1.54, 1.807) is 13.8 Å². The Kier molecular flexibility index (Phi) is 3.41. The highest BCUT2D eigenvalue weighted by Crippen LogP contribution is 2.21. The number of hydrogen-bond acceptors (Lipinski definition) is 2. The predicted octanol–water partition coefficient (Wildman–Crippen LogP) is 2.17. The molecule has 0 aliphatic heterocycles. The van der Waals surface area contributed by atoms with Gasteiger partial charge in [0.15, 0.2) is 0 Å². The molecule has 4 heteroatoms. The largest absolute Gasteiger partial charge is 0.481 e. The summed E-state index contributed by atoms with van der Waals surface area (Å²) >= 11 is 0. The lowest BCUT2D eigenvalue weighted by Crippen LogP contribution is -2.30. The van der Waals surface area contributed by atoms with Crippen molar-refractivity contribution in [3.63, 3.8) is 0 Å². The molecule has 0 bridgehead atoms. The van der Waals surface area contributed by atoms with Gasteiger partial charge in [0, 0.05) is 5.69 Å². The van der Waals surface area contributed by atoms with Crippen LogP contribution in [0.3, 0.4) is 0 Å². The molecule has 1 aromatic rings. The average Bonchev–Trinajstić information content (AvgIpc) is 2.41. The quantitative estimate of drug-likeness (QED) is 0.852. The molecule has 90 valence electrons. The van der Waals surface area contributed by atoms with E-state index in [9.17, 15) is 4.79 Å². The van der Waals surface area contributed by atoms with Crippen molar-refractivity contribution in [1.29, 1.82) is 0 Å². The maximum atomic E-state index is 11.1. The van der Waals surface area contributed by atoms with Crippen molar-refractivity contribution in [2.45, 2.75) is 47.6 Å². The summed E-state index contributed by atoms with van der Waals surface area (Å²) in [6, 6.07) is 0. The SMILES string of the molecule is CCc1c(C)nn(CC(C)(C)C(=O)O)c1C. The van der Waals surface area contributed by atoms with Gasteiger partial charge < -0.3 is 5.11 Å². The van der Waals surface area contributed by atoms with E-state index in [0.717, 1.165) is 17.8 Å². The summed E-state index contributed by atoms with van der Waals surface area (Å²) in [4.78, 5) is 11.1. The minimum absolute atomic E-state index is 0.412. The lowest BCUT2D eigenvalue weighted by Gasteiger charge is -2.19. The highest BCUT2D eigenvalue weighted by molar-refractivity contribution is 5.73. The maximum absolute atomic E-state index is 11.1. The number of aryl methyl sites for hydroxylation is 1. The molecule has 1 aromatic heterocycles. The van der Waals surface area contributed by atoms with E-state index < -0.39 is 11.4 Å². The predicted molar refractivity (Wildman–Crippen MR) is 62.5 cm³/mol.